The Kier molecular flexibility index (Phi) is 3.84. The van der Waals surface area contributed by atoms with Gasteiger partial charge in [-0.3, -0.25) is 10.1 Å². The highest BCUT2D eigenvalue weighted by atomic mass is 16.6. The van der Waals surface area contributed by atoms with Gasteiger partial charge in [0.15, 0.2) is 0 Å². The average Bonchev–Trinajstić information content (AvgIpc) is 2.63. The van der Waals surface area contributed by atoms with E-state index in [1.54, 1.807) is 11.6 Å². The van der Waals surface area contributed by atoms with Gasteiger partial charge in [0, 0.05) is 6.54 Å². The van der Waals surface area contributed by atoms with Crippen LogP contribution < -0.4 is 5.73 Å². The van der Waals surface area contributed by atoms with E-state index in [9.17, 15) is 10.1 Å². The minimum Gasteiger partial charge on any atom is -0.378 e. The van der Waals surface area contributed by atoms with Crippen LogP contribution in [-0.2, 0) is 6.54 Å². The van der Waals surface area contributed by atoms with E-state index in [2.05, 4.69) is 5.10 Å². The van der Waals surface area contributed by atoms with Crippen molar-refractivity contribution >= 4 is 11.5 Å². The first-order valence-corrected chi connectivity index (χ1v) is 6.57. The lowest BCUT2D eigenvalue weighted by atomic mass is 9.87. The van der Waals surface area contributed by atoms with Crippen LogP contribution >= 0.6 is 0 Å². The molecule has 0 bridgehead atoms. The van der Waals surface area contributed by atoms with Crippen LogP contribution in [0.25, 0.3) is 0 Å². The van der Waals surface area contributed by atoms with E-state index in [-0.39, 0.29) is 11.5 Å². The van der Waals surface area contributed by atoms with E-state index in [1.165, 1.54) is 32.1 Å². The molecule has 0 unspecified atom stereocenters. The number of hydrogen-bond donors (Lipinski definition) is 1. The normalized spacial score (nSPS) is 16.9. The second-order valence-corrected chi connectivity index (χ2v) is 5.09. The maximum absolute atomic E-state index is 10.8. The van der Waals surface area contributed by atoms with Crippen molar-refractivity contribution in [3.8, 4) is 0 Å². The van der Waals surface area contributed by atoms with E-state index >= 15 is 0 Å². The molecule has 0 saturated heterocycles. The zero-order chi connectivity index (χ0) is 13.1. The van der Waals surface area contributed by atoms with Gasteiger partial charge in [0.25, 0.3) is 0 Å². The quantitative estimate of drug-likeness (QED) is 0.659. The molecule has 0 atom stereocenters. The third-order valence-corrected chi connectivity index (χ3v) is 3.79. The molecule has 6 nitrogen and oxygen atoms in total. The summed E-state index contributed by atoms with van der Waals surface area (Å²) in [4.78, 5) is 10.4. The van der Waals surface area contributed by atoms with Crippen molar-refractivity contribution in [3.63, 3.8) is 0 Å². The van der Waals surface area contributed by atoms with Crippen molar-refractivity contribution in [1.29, 1.82) is 0 Å². The first kappa shape index (κ1) is 12.9. The van der Waals surface area contributed by atoms with E-state index in [0.29, 0.717) is 12.2 Å². The number of hydrogen-bond acceptors (Lipinski definition) is 4. The molecule has 1 fully saturated rings. The van der Waals surface area contributed by atoms with Gasteiger partial charge >= 0.3 is 5.69 Å². The summed E-state index contributed by atoms with van der Waals surface area (Å²) in [6, 6.07) is 0. The van der Waals surface area contributed by atoms with Crippen LogP contribution in [-0.4, -0.2) is 14.7 Å². The molecule has 1 aliphatic rings. The number of rotatable bonds is 4. The maximum Gasteiger partial charge on any atom is 0.333 e. The minimum atomic E-state index is -0.450. The molecule has 18 heavy (non-hydrogen) atoms. The molecule has 1 saturated carbocycles. The summed E-state index contributed by atoms with van der Waals surface area (Å²) >= 11 is 0. The highest BCUT2D eigenvalue weighted by Crippen LogP contribution is 2.29. The van der Waals surface area contributed by atoms with Crippen molar-refractivity contribution < 1.29 is 4.92 Å². The summed E-state index contributed by atoms with van der Waals surface area (Å²) in [5, 5.41) is 15.0. The van der Waals surface area contributed by atoms with Crippen molar-refractivity contribution in [2.45, 2.75) is 52.0 Å². The molecule has 1 heterocycles. The highest BCUT2D eigenvalue weighted by Gasteiger charge is 2.23. The number of nitrogen functional groups attached to an aromatic ring is 1. The van der Waals surface area contributed by atoms with Crippen molar-refractivity contribution in [1.82, 2.24) is 9.78 Å². The summed E-state index contributed by atoms with van der Waals surface area (Å²) in [6.07, 6.45) is 7.49. The highest BCUT2D eigenvalue weighted by molar-refractivity contribution is 5.55. The third-order valence-electron chi connectivity index (χ3n) is 3.79. The molecule has 100 valence electrons. The second-order valence-electron chi connectivity index (χ2n) is 5.09. The summed E-state index contributed by atoms with van der Waals surface area (Å²) in [6.45, 7) is 2.32. The van der Waals surface area contributed by atoms with Gasteiger partial charge in [0.05, 0.1) is 4.92 Å². The number of aryl methyl sites for hydroxylation is 2. The maximum atomic E-state index is 10.8. The van der Waals surface area contributed by atoms with Crippen LogP contribution in [0.2, 0.25) is 0 Å². The molecule has 0 radical (unpaired) electrons. The molecule has 2 rings (SSSR count). The zero-order valence-corrected chi connectivity index (χ0v) is 10.8. The van der Waals surface area contributed by atoms with Gasteiger partial charge in [-0.05, 0) is 19.3 Å². The van der Waals surface area contributed by atoms with Crippen LogP contribution in [0.4, 0.5) is 11.5 Å². The molecule has 1 aliphatic carbocycles. The molecule has 2 N–H and O–H groups in total. The lowest BCUT2D eigenvalue weighted by molar-refractivity contribution is -0.384. The SMILES string of the molecule is Cc1nn(CCC2CCCCC2)c(N)c1[N+](=O)[O-]. The fourth-order valence-corrected chi connectivity index (χ4v) is 2.77. The minimum absolute atomic E-state index is 0.0429. The summed E-state index contributed by atoms with van der Waals surface area (Å²) in [5.74, 6) is 0.912. The Balaban J connectivity index is 2.01. The Morgan fingerprint density at radius 2 is 2.11 bits per heavy atom. The van der Waals surface area contributed by atoms with Gasteiger partial charge in [-0.2, -0.15) is 5.10 Å². The molecule has 0 aromatic carbocycles. The first-order valence-electron chi connectivity index (χ1n) is 6.57. The van der Waals surface area contributed by atoms with E-state index in [0.717, 1.165) is 12.3 Å². The predicted octanol–water partition coefficient (Wildman–Crippen LogP) is 2.65. The lowest BCUT2D eigenvalue weighted by Gasteiger charge is -2.21. The molecule has 1 aromatic heterocycles. The van der Waals surface area contributed by atoms with Gasteiger partial charge in [-0.25, -0.2) is 4.68 Å². The van der Waals surface area contributed by atoms with Gasteiger partial charge in [0.1, 0.15) is 5.69 Å². The Hall–Kier alpha value is -1.59. The molecule has 0 amide bonds. The lowest BCUT2D eigenvalue weighted by Crippen LogP contribution is -2.12. The van der Waals surface area contributed by atoms with Crippen LogP contribution in [0, 0.1) is 23.0 Å². The number of nitro groups is 1. The topological polar surface area (TPSA) is 87.0 Å². The van der Waals surface area contributed by atoms with E-state index in [4.69, 9.17) is 5.73 Å². The Labute approximate surface area is 106 Å². The number of aromatic nitrogens is 2. The van der Waals surface area contributed by atoms with Crippen molar-refractivity contribution in [2.24, 2.45) is 5.92 Å². The number of nitrogens with two attached hydrogens (primary N) is 1. The number of anilines is 1. The molecule has 0 aliphatic heterocycles. The third kappa shape index (κ3) is 2.63. The summed E-state index contributed by atoms with van der Waals surface area (Å²) < 4.78 is 1.59. The molecule has 1 aromatic rings. The second kappa shape index (κ2) is 5.37. The number of nitrogens with zero attached hydrogens (tertiary/aromatic N) is 3. The molecule has 6 heteroatoms. The fourth-order valence-electron chi connectivity index (χ4n) is 2.77. The standard InChI is InChI=1S/C12H20N4O2/c1-9-11(16(17)18)12(13)15(14-9)8-7-10-5-3-2-4-6-10/h10H,2-8,13H2,1H3. The predicted molar refractivity (Wildman–Crippen MR) is 69.2 cm³/mol. The van der Waals surface area contributed by atoms with Crippen molar-refractivity contribution in [3.05, 3.63) is 15.8 Å². The van der Waals surface area contributed by atoms with Gasteiger partial charge in [-0.15, -0.1) is 0 Å². The summed E-state index contributed by atoms with van der Waals surface area (Å²) in [7, 11) is 0. The van der Waals surface area contributed by atoms with Gasteiger partial charge in [-0.1, -0.05) is 32.1 Å². The van der Waals surface area contributed by atoms with E-state index < -0.39 is 4.92 Å². The Morgan fingerprint density at radius 3 is 2.67 bits per heavy atom. The zero-order valence-electron chi connectivity index (χ0n) is 10.8. The fraction of sp³-hybridized carbons (Fsp3) is 0.750. The Morgan fingerprint density at radius 1 is 1.44 bits per heavy atom. The largest absolute Gasteiger partial charge is 0.378 e. The van der Waals surface area contributed by atoms with Crippen LogP contribution in [0.5, 0.6) is 0 Å². The smallest absolute Gasteiger partial charge is 0.333 e. The van der Waals surface area contributed by atoms with Gasteiger partial charge in [0.2, 0.25) is 5.82 Å². The van der Waals surface area contributed by atoms with Crippen LogP contribution in [0.15, 0.2) is 0 Å². The average molecular weight is 252 g/mol. The first-order chi connectivity index (χ1) is 8.59. The Bertz CT molecular complexity index is 436. The van der Waals surface area contributed by atoms with Crippen LogP contribution in [0.1, 0.15) is 44.2 Å². The van der Waals surface area contributed by atoms with E-state index in [1.807, 2.05) is 0 Å². The van der Waals surface area contributed by atoms with Crippen molar-refractivity contribution in [2.75, 3.05) is 5.73 Å². The monoisotopic (exact) mass is 252 g/mol. The molecule has 0 spiro atoms. The molecular weight excluding hydrogens is 232 g/mol. The summed E-state index contributed by atoms with van der Waals surface area (Å²) in [5.41, 5.74) is 6.14. The van der Waals surface area contributed by atoms with Crippen LogP contribution in [0.3, 0.4) is 0 Å². The van der Waals surface area contributed by atoms with Gasteiger partial charge < -0.3 is 5.73 Å². The molecular formula is C12H20N4O2.